The molecule has 0 aliphatic carbocycles. The van der Waals surface area contributed by atoms with E-state index < -0.39 is 0 Å². The lowest BCUT2D eigenvalue weighted by molar-refractivity contribution is 0.508. The molecule has 1 atom stereocenters. The van der Waals surface area contributed by atoms with Gasteiger partial charge in [0.2, 0.25) is 0 Å². The van der Waals surface area contributed by atoms with E-state index in [4.69, 9.17) is 12.2 Å². The molecule has 0 radical (unpaired) electrons. The highest BCUT2D eigenvalue weighted by molar-refractivity contribution is 8.00. The van der Waals surface area contributed by atoms with Crippen LogP contribution < -0.4 is 0 Å². The van der Waals surface area contributed by atoms with Crippen molar-refractivity contribution in [2.24, 2.45) is 7.05 Å². The second-order valence-electron chi connectivity index (χ2n) is 5.54. The first-order valence-electron chi connectivity index (χ1n) is 6.82. The number of hydrogen-bond acceptors (Lipinski definition) is 3. The Labute approximate surface area is 122 Å². The van der Waals surface area contributed by atoms with Gasteiger partial charge in [-0.15, -0.1) is 0 Å². The van der Waals surface area contributed by atoms with Crippen molar-refractivity contribution in [1.29, 1.82) is 0 Å². The zero-order valence-electron chi connectivity index (χ0n) is 11.7. The van der Waals surface area contributed by atoms with Crippen LogP contribution in [0.25, 0.3) is 11.2 Å². The highest BCUT2D eigenvalue weighted by Crippen LogP contribution is 2.39. The van der Waals surface area contributed by atoms with E-state index in [0.29, 0.717) is 4.75 Å². The molecule has 1 fully saturated rings. The van der Waals surface area contributed by atoms with Gasteiger partial charge in [0.25, 0.3) is 0 Å². The Kier molecular flexibility index (Phi) is 3.25. The average molecular weight is 296 g/mol. The fourth-order valence-electron chi connectivity index (χ4n) is 2.97. The normalized spacial score (nSPS) is 23.5. The largest absolute Gasteiger partial charge is 0.328 e. The summed E-state index contributed by atoms with van der Waals surface area (Å²) in [4.78, 5) is 3.34. The molecule has 0 amide bonds. The number of aromatic nitrogens is 4. The maximum Gasteiger partial charge on any atom is 0.179 e. The minimum atomic E-state index is 0.310. The van der Waals surface area contributed by atoms with E-state index in [9.17, 15) is 0 Å². The summed E-state index contributed by atoms with van der Waals surface area (Å²) < 4.78 is 5.33. The SMILES string of the molecule is CCc1nn(C)c2c1[nH]c(=S)n2CC1(C)CCCS1. The first-order chi connectivity index (χ1) is 9.04. The van der Waals surface area contributed by atoms with E-state index in [1.54, 1.807) is 0 Å². The van der Waals surface area contributed by atoms with Gasteiger partial charge in [0.05, 0.1) is 5.69 Å². The van der Waals surface area contributed by atoms with Crippen LogP contribution in [0.4, 0.5) is 0 Å². The van der Waals surface area contributed by atoms with Crippen LogP contribution in [0.3, 0.4) is 0 Å². The number of fused-ring (bicyclic) bond motifs is 1. The zero-order valence-corrected chi connectivity index (χ0v) is 13.3. The molecule has 3 rings (SSSR count). The van der Waals surface area contributed by atoms with Crippen molar-refractivity contribution < 1.29 is 0 Å². The highest BCUT2D eigenvalue weighted by atomic mass is 32.2. The van der Waals surface area contributed by atoms with Gasteiger partial charge in [0, 0.05) is 18.3 Å². The molecule has 4 nitrogen and oxygen atoms in total. The van der Waals surface area contributed by atoms with Crippen LogP contribution in [0.15, 0.2) is 0 Å². The van der Waals surface area contributed by atoms with Gasteiger partial charge < -0.3 is 9.55 Å². The molecule has 1 saturated heterocycles. The zero-order chi connectivity index (χ0) is 13.6. The molecule has 1 unspecified atom stereocenters. The molecule has 3 heterocycles. The summed E-state index contributed by atoms with van der Waals surface area (Å²) in [6, 6.07) is 0. The molecule has 1 N–H and O–H groups in total. The molecule has 19 heavy (non-hydrogen) atoms. The van der Waals surface area contributed by atoms with Crippen LogP contribution in [-0.4, -0.2) is 29.8 Å². The van der Waals surface area contributed by atoms with Crippen molar-refractivity contribution in [3.63, 3.8) is 0 Å². The number of hydrogen-bond donors (Lipinski definition) is 1. The number of nitrogens with zero attached hydrogens (tertiary/aromatic N) is 3. The maximum atomic E-state index is 5.52. The fraction of sp³-hybridized carbons (Fsp3) is 0.692. The monoisotopic (exact) mass is 296 g/mol. The van der Waals surface area contributed by atoms with E-state index in [0.717, 1.165) is 34.6 Å². The lowest BCUT2D eigenvalue weighted by Crippen LogP contribution is -2.24. The van der Waals surface area contributed by atoms with Crippen molar-refractivity contribution in [2.45, 2.75) is 44.4 Å². The second-order valence-corrected chi connectivity index (χ2v) is 7.61. The van der Waals surface area contributed by atoms with Crippen LogP contribution in [0, 0.1) is 4.77 Å². The Morgan fingerprint density at radius 2 is 2.32 bits per heavy atom. The summed E-state index contributed by atoms with van der Waals surface area (Å²) in [6.07, 6.45) is 3.51. The molecule has 1 aliphatic heterocycles. The lowest BCUT2D eigenvalue weighted by atomic mass is 10.1. The Morgan fingerprint density at radius 1 is 1.53 bits per heavy atom. The Bertz CT molecular complexity index is 658. The first-order valence-corrected chi connectivity index (χ1v) is 8.22. The Balaban J connectivity index is 2.10. The van der Waals surface area contributed by atoms with E-state index in [1.165, 1.54) is 18.6 Å². The number of thioether (sulfide) groups is 1. The van der Waals surface area contributed by atoms with Crippen molar-refractivity contribution in [2.75, 3.05) is 5.75 Å². The van der Waals surface area contributed by atoms with E-state index >= 15 is 0 Å². The third-order valence-corrected chi connectivity index (χ3v) is 5.80. The minimum Gasteiger partial charge on any atom is -0.328 e. The number of H-pyrrole nitrogens is 1. The van der Waals surface area contributed by atoms with Gasteiger partial charge >= 0.3 is 0 Å². The molecule has 0 aromatic carbocycles. The third-order valence-electron chi connectivity index (χ3n) is 3.95. The quantitative estimate of drug-likeness (QED) is 0.883. The summed E-state index contributed by atoms with van der Waals surface area (Å²) in [5, 5.41) is 4.58. The van der Waals surface area contributed by atoms with Crippen LogP contribution in [-0.2, 0) is 20.0 Å². The van der Waals surface area contributed by atoms with Crippen molar-refractivity contribution in [1.82, 2.24) is 19.3 Å². The molecule has 0 saturated carbocycles. The molecule has 2 aromatic heterocycles. The molecule has 2 aromatic rings. The predicted molar refractivity (Wildman–Crippen MR) is 83.4 cm³/mol. The van der Waals surface area contributed by atoms with Gasteiger partial charge in [-0.3, -0.25) is 4.68 Å². The van der Waals surface area contributed by atoms with Gasteiger partial charge in [-0.1, -0.05) is 6.92 Å². The standard InChI is InChI=1S/C13H20N4S2/c1-4-9-10-11(16(3)15-9)17(12(18)14-10)8-13(2)6-5-7-19-13/h4-8H2,1-3H3,(H,14,18). The number of rotatable bonds is 3. The molecular weight excluding hydrogens is 276 g/mol. The fourth-order valence-corrected chi connectivity index (χ4v) is 4.51. The number of imidazole rings is 1. The molecule has 0 spiro atoms. The third kappa shape index (κ3) is 2.14. The second kappa shape index (κ2) is 4.66. The lowest BCUT2D eigenvalue weighted by Gasteiger charge is -2.23. The Hall–Kier alpha value is -0.750. The van der Waals surface area contributed by atoms with E-state index in [-0.39, 0.29) is 0 Å². The molecule has 0 bridgehead atoms. The minimum absolute atomic E-state index is 0.310. The summed E-state index contributed by atoms with van der Waals surface area (Å²) in [5.41, 5.74) is 3.35. The first kappa shape index (κ1) is 13.2. The number of aryl methyl sites for hydroxylation is 2. The van der Waals surface area contributed by atoms with Crippen molar-refractivity contribution in [3.05, 3.63) is 10.5 Å². The van der Waals surface area contributed by atoms with Gasteiger partial charge in [0.15, 0.2) is 10.4 Å². The van der Waals surface area contributed by atoms with Crippen molar-refractivity contribution in [3.8, 4) is 0 Å². The van der Waals surface area contributed by atoms with Crippen molar-refractivity contribution >= 4 is 35.1 Å². The Morgan fingerprint density at radius 3 is 2.95 bits per heavy atom. The van der Waals surface area contributed by atoms with E-state index in [1.807, 2.05) is 11.7 Å². The van der Waals surface area contributed by atoms with Crippen LogP contribution in [0.1, 0.15) is 32.4 Å². The summed E-state index contributed by atoms with van der Waals surface area (Å²) >= 11 is 7.58. The number of nitrogens with one attached hydrogen (secondary N) is 1. The summed E-state index contributed by atoms with van der Waals surface area (Å²) in [6.45, 7) is 5.45. The van der Waals surface area contributed by atoms with Crippen LogP contribution in [0.2, 0.25) is 0 Å². The van der Waals surface area contributed by atoms with Gasteiger partial charge in [0.1, 0.15) is 5.52 Å². The average Bonchev–Trinajstić information content (AvgIpc) is 3.00. The maximum absolute atomic E-state index is 5.52. The molecular formula is C13H20N4S2. The summed E-state index contributed by atoms with van der Waals surface area (Å²) in [7, 11) is 2.00. The molecule has 6 heteroatoms. The van der Waals surface area contributed by atoms with E-state index in [2.05, 4.69) is 40.3 Å². The van der Waals surface area contributed by atoms with Gasteiger partial charge in [-0.05, 0) is 44.2 Å². The molecule has 104 valence electrons. The smallest absolute Gasteiger partial charge is 0.179 e. The van der Waals surface area contributed by atoms with Gasteiger partial charge in [-0.2, -0.15) is 16.9 Å². The van der Waals surface area contributed by atoms with Crippen LogP contribution in [0.5, 0.6) is 0 Å². The van der Waals surface area contributed by atoms with Gasteiger partial charge in [-0.25, -0.2) is 0 Å². The van der Waals surface area contributed by atoms with Crippen LogP contribution >= 0.6 is 24.0 Å². The highest BCUT2D eigenvalue weighted by Gasteiger charge is 2.31. The molecule has 1 aliphatic rings. The predicted octanol–water partition coefficient (Wildman–Crippen LogP) is 3.28. The summed E-state index contributed by atoms with van der Waals surface area (Å²) in [5.74, 6) is 1.27. The number of aromatic amines is 1. The topological polar surface area (TPSA) is 38.5 Å².